The first-order chi connectivity index (χ1) is 11.7. The van der Waals surface area contributed by atoms with Gasteiger partial charge in [0.1, 0.15) is 0 Å². The van der Waals surface area contributed by atoms with Gasteiger partial charge in [-0.3, -0.25) is 14.9 Å². The van der Waals surface area contributed by atoms with Gasteiger partial charge in [0.05, 0.1) is 17.6 Å². The number of carbonyl (C=O) groups excluding carboxylic acids is 2. The maximum Gasteiger partial charge on any atom is 0.246 e. The van der Waals surface area contributed by atoms with Gasteiger partial charge in [-0.1, -0.05) is 38.3 Å². The lowest BCUT2D eigenvalue weighted by Gasteiger charge is -2.25. The second-order valence-electron chi connectivity index (χ2n) is 6.26. The number of carbonyl (C=O) groups is 2. The molecule has 3 rings (SSSR count). The summed E-state index contributed by atoms with van der Waals surface area (Å²) in [6.45, 7) is 1.73. The topological polar surface area (TPSA) is 76.0 Å². The zero-order chi connectivity index (χ0) is 16.9. The summed E-state index contributed by atoms with van der Waals surface area (Å²) in [5.41, 5.74) is 1.94. The lowest BCUT2D eigenvalue weighted by Crippen LogP contribution is -2.33. The second-order valence-corrected chi connectivity index (χ2v) is 6.26. The third-order valence-electron chi connectivity index (χ3n) is 4.55. The van der Waals surface area contributed by atoms with Gasteiger partial charge in [0.15, 0.2) is 0 Å². The highest BCUT2D eigenvalue weighted by atomic mass is 16.2. The van der Waals surface area contributed by atoms with Crippen LogP contribution in [0.2, 0.25) is 0 Å². The van der Waals surface area contributed by atoms with Crippen molar-refractivity contribution in [2.24, 2.45) is 0 Å². The van der Waals surface area contributed by atoms with E-state index in [1.54, 1.807) is 6.92 Å². The third-order valence-corrected chi connectivity index (χ3v) is 4.55. The number of fused-ring (bicyclic) bond motifs is 1. The molecule has 0 saturated heterocycles. The van der Waals surface area contributed by atoms with Gasteiger partial charge in [-0.15, -0.1) is 0 Å². The molecule has 0 unspecified atom stereocenters. The van der Waals surface area contributed by atoms with E-state index in [4.69, 9.17) is 0 Å². The number of benzene rings is 1. The molecule has 2 N–H and O–H groups in total. The summed E-state index contributed by atoms with van der Waals surface area (Å²) in [6, 6.07) is 8.32. The summed E-state index contributed by atoms with van der Waals surface area (Å²) in [6.07, 6.45) is 6.27. The minimum Gasteiger partial charge on any atom is -0.347 e. The van der Waals surface area contributed by atoms with Crippen molar-refractivity contribution in [2.75, 3.05) is 11.9 Å². The molecule has 1 aliphatic rings. The fourth-order valence-electron chi connectivity index (χ4n) is 3.31. The largest absolute Gasteiger partial charge is 0.347 e. The summed E-state index contributed by atoms with van der Waals surface area (Å²) in [4.78, 5) is 28.1. The molecule has 0 bridgehead atoms. The van der Waals surface area contributed by atoms with Gasteiger partial charge in [-0.2, -0.15) is 0 Å². The monoisotopic (exact) mass is 328 g/mol. The molecule has 0 atom stereocenters. The average Bonchev–Trinajstić information content (AvgIpc) is 2.98. The van der Waals surface area contributed by atoms with Gasteiger partial charge in [-0.05, 0) is 25.0 Å². The number of anilines is 1. The molecule has 1 aromatic heterocycles. The first-order valence-corrected chi connectivity index (χ1v) is 8.72. The van der Waals surface area contributed by atoms with E-state index < -0.39 is 0 Å². The number of aromatic nitrogens is 2. The summed E-state index contributed by atoms with van der Waals surface area (Å²) < 4.78 is 2.16. The van der Waals surface area contributed by atoms with Crippen LogP contribution in [0.1, 0.15) is 51.5 Å². The van der Waals surface area contributed by atoms with E-state index in [1.807, 2.05) is 24.3 Å². The van der Waals surface area contributed by atoms with Crippen LogP contribution in [0.15, 0.2) is 24.3 Å². The van der Waals surface area contributed by atoms with E-state index in [0.29, 0.717) is 18.4 Å². The number of para-hydroxylation sites is 2. The van der Waals surface area contributed by atoms with E-state index in [2.05, 4.69) is 20.2 Å². The predicted molar refractivity (Wildman–Crippen MR) is 93.8 cm³/mol. The molecule has 0 aliphatic heterocycles. The van der Waals surface area contributed by atoms with Crippen LogP contribution in [0.25, 0.3) is 11.0 Å². The first kappa shape index (κ1) is 16.5. The van der Waals surface area contributed by atoms with Crippen molar-refractivity contribution >= 4 is 28.8 Å². The average molecular weight is 328 g/mol. The molecule has 24 heavy (non-hydrogen) atoms. The number of amides is 2. The third kappa shape index (κ3) is 3.58. The summed E-state index contributed by atoms with van der Waals surface area (Å²) in [7, 11) is 0. The van der Waals surface area contributed by atoms with Gasteiger partial charge >= 0.3 is 0 Å². The molecule has 1 aliphatic carbocycles. The fourth-order valence-corrected chi connectivity index (χ4v) is 3.31. The Morgan fingerprint density at radius 2 is 1.92 bits per heavy atom. The van der Waals surface area contributed by atoms with Crippen LogP contribution >= 0.6 is 0 Å². The van der Waals surface area contributed by atoms with Gasteiger partial charge < -0.3 is 9.88 Å². The van der Waals surface area contributed by atoms with Crippen molar-refractivity contribution in [3.63, 3.8) is 0 Å². The minimum absolute atomic E-state index is 0.0272. The normalized spacial score (nSPS) is 15.4. The molecule has 128 valence electrons. The Hall–Kier alpha value is -2.37. The minimum atomic E-state index is -0.246. The molecular formula is C18H24N4O2. The van der Waals surface area contributed by atoms with Gasteiger partial charge in [-0.25, -0.2) is 4.98 Å². The molecule has 6 nitrogen and oxygen atoms in total. The molecule has 1 heterocycles. The highest BCUT2D eigenvalue weighted by Gasteiger charge is 2.22. The van der Waals surface area contributed by atoms with Crippen molar-refractivity contribution in [3.8, 4) is 0 Å². The Kier molecular flexibility index (Phi) is 5.13. The van der Waals surface area contributed by atoms with Gasteiger partial charge in [0.25, 0.3) is 0 Å². The molecule has 1 aromatic carbocycles. The van der Waals surface area contributed by atoms with Crippen LogP contribution in [0, 0.1) is 0 Å². The maximum absolute atomic E-state index is 12.2. The molecule has 1 saturated carbocycles. The zero-order valence-corrected chi connectivity index (χ0v) is 14.0. The zero-order valence-electron chi connectivity index (χ0n) is 14.0. The van der Waals surface area contributed by atoms with Crippen LogP contribution in [0.4, 0.5) is 5.95 Å². The van der Waals surface area contributed by atoms with Crippen LogP contribution in [-0.4, -0.2) is 27.9 Å². The molecular weight excluding hydrogens is 304 g/mol. The molecule has 0 spiro atoms. The highest BCUT2D eigenvalue weighted by molar-refractivity contribution is 5.94. The SMILES string of the molecule is CCC(=O)NCC(=O)Nc1nc2ccccc2n1C1CCCCC1. The van der Waals surface area contributed by atoms with Crippen LogP contribution in [0.3, 0.4) is 0 Å². The maximum atomic E-state index is 12.2. The second kappa shape index (κ2) is 7.47. The molecule has 2 aromatic rings. The van der Waals surface area contributed by atoms with Crippen LogP contribution in [-0.2, 0) is 9.59 Å². The van der Waals surface area contributed by atoms with Crippen LogP contribution in [0.5, 0.6) is 0 Å². The summed E-state index contributed by atoms with van der Waals surface area (Å²) >= 11 is 0. The Labute approximate surface area is 141 Å². The number of nitrogens with zero attached hydrogens (tertiary/aromatic N) is 2. The van der Waals surface area contributed by atoms with Crippen molar-refractivity contribution in [2.45, 2.75) is 51.5 Å². The fraction of sp³-hybridized carbons (Fsp3) is 0.500. The lowest BCUT2D eigenvalue weighted by molar-refractivity contribution is -0.123. The lowest BCUT2D eigenvalue weighted by atomic mass is 9.95. The number of nitrogens with one attached hydrogen (secondary N) is 2. The Bertz CT molecular complexity index is 732. The predicted octanol–water partition coefficient (Wildman–Crippen LogP) is 3.01. The quantitative estimate of drug-likeness (QED) is 0.886. The van der Waals surface area contributed by atoms with Gasteiger partial charge in [0.2, 0.25) is 17.8 Å². The summed E-state index contributed by atoms with van der Waals surface area (Å²) in [5, 5.41) is 5.47. The Balaban J connectivity index is 1.83. The number of imidazole rings is 1. The van der Waals surface area contributed by atoms with E-state index in [9.17, 15) is 9.59 Å². The number of hydrogen-bond acceptors (Lipinski definition) is 3. The molecule has 0 radical (unpaired) electrons. The Morgan fingerprint density at radius 1 is 1.17 bits per heavy atom. The van der Waals surface area contributed by atoms with Crippen LogP contribution < -0.4 is 10.6 Å². The molecule has 1 fully saturated rings. The van der Waals surface area contributed by atoms with Crippen molar-refractivity contribution in [1.29, 1.82) is 0 Å². The van der Waals surface area contributed by atoms with Crippen molar-refractivity contribution in [3.05, 3.63) is 24.3 Å². The number of hydrogen-bond donors (Lipinski definition) is 2. The van der Waals surface area contributed by atoms with E-state index in [1.165, 1.54) is 19.3 Å². The number of rotatable bonds is 5. The summed E-state index contributed by atoms with van der Waals surface area (Å²) in [5.74, 6) is 0.203. The van der Waals surface area contributed by atoms with Crippen molar-refractivity contribution in [1.82, 2.24) is 14.9 Å². The van der Waals surface area contributed by atoms with E-state index in [-0.39, 0.29) is 18.4 Å². The van der Waals surface area contributed by atoms with Crippen molar-refractivity contribution < 1.29 is 9.59 Å². The van der Waals surface area contributed by atoms with Gasteiger partial charge in [0, 0.05) is 12.5 Å². The highest BCUT2D eigenvalue weighted by Crippen LogP contribution is 2.34. The molecule has 6 heteroatoms. The van der Waals surface area contributed by atoms with E-state index >= 15 is 0 Å². The standard InChI is InChI=1S/C18H24N4O2/c1-2-16(23)19-12-17(24)21-18-20-14-10-6-7-11-15(14)22(18)13-8-4-3-5-9-13/h6-7,10-11,13H,2-5,8-9,12H2,1H3,(H,19,23)(H,20,21,24). The molecule has 2 amide bonds. The smallest absolute Gasteiger partial charge is 0.246 e. The van der Waals surface area contributed by atoms with E-state index in [0.717, 1.165) is 23.9 Å². The first-order valence-electron chi connectivity index (χ1n) is 8.72. The Morgan fingerprint density at radius 3 is 2.67 bits per heavy atom.